The Labute approximate surface area is 165 Å². The lowest BCUT2D eigenvalue weighted by Gasteiger charge is -2.47. The molecular formula is C21H18BrNO4. The molecule has 0 unspecified atom stereocenters. The molecule has 0 radical (unpaired) electrons. The van der Waals surface area contributed by atoms with Crippen LogP contribution in [0.1, 0.15) is 30.9 Å². The van der Waals surface area contributed by atoms with Gasteiger partial charge >= 0.3 is 5.97 Å². The topological polar surface area (TPSA) is 63.7 Å². The van der Waals surface area contributed by atoms with E-state index in [2.05, 4.69) is 15.9 Å². The Bertz CT molecular complexity index is 954. The molecule has 27 heavy (non-hydrogen) atoms. The molecule has 0 N–H and O–H groups in total. The molecule has 0 bridgehead atoms. The highest BCUT2D eigenvalue weighted by molar-refractivity contribution is 9.10. The zero-order chi connectivity index (χ0) is 19.3. The fourth-order valence-electron chi connectivity index (χ4n) is 4.06. The monoisotopic (exact) mass is 427 g/mol. The smallest absolute Gasteiger partial charge is 0.324 e. The number of hydrogen-bond acceptors (Lipinski definition) is 4. The van der Waals surface area contributed by atoms with E-state index in [1.54, 1.807) is 26.0 Å². The molecule has 2 aromatic carbocycles. The van der Waals surface area contributed by atoms with Crippen LogP contribution >= 0.6 is 15.9 Å². The molecule has 1 fully saturated rings. The zero-order valence-corrected chi connectivity index (χ0v) is 16.5. The second kappa shape index (κ2) is 6.30. The van der Waals surface area contributed by atoms with E-state index < -0.39 is 29.1 Å². The maximum absolute atomic E-state index is 13.3. The third-order valence-corrected chi connectivity index (χ3v) is 5.89. The van der Waals surface area contributed by atoms with Gasteiger partial charge in [0.2, 0.25) is 11.8 Å². The molecule has 2 aromatic rings. The zero-order valence-electron chi connectivity index (χ0n) is 14.9. The summed E-state index contributed by atoms with van der Waals surface area (Å²) in [6, 6.07) is 14.6. The first kappa shape index (κ1) is 17.9. The molecule has 0 aliphatic carbocycles. The van der Waals surface area contributed by atoms with Crippen LogP contribution in [0, 0.1) is 11.3 Å². The van der Waals surface area contributed by atoms with Crippen LogP contribution in [0.3, 0.4) is 0 Å². The van der Waals surface area contributed by atoms with Crippen molar-refractivity contribution in [3.8, 4) is 5.75 Å². The van der Waals surface area contributed by atoms with Crippen LogP contribution in [0.4, 0.5) is 0 Å². The van der Waals surface area contributed by atoms with E-state index in [0.717, 1.165) is 10.0 Å². The lowest BCUT2D eigenvalue weighted by Crippen LogP contribution is -2.60. The van der Waals surface area contributed by atoms with Gasteiger partial charge in [-0.2, -0.15) is 0 Å². The van der Waals surface area contributed by atoms with Gasteiger partial charge in [-0.3, -0.25) is 19.3 Å². The van der Waals surface area contributed by atoms with E-state index in [-0.39, 0.29) is 12.5 Å². The van der Waals surface area contributed by atoms with Gasteiger partial charge in [0.05, 0.1) is 12.0 Å². The summed E-state index contributed by atoms with van der Waals surface area (Å²) in [6.45, 7) is 3.73. The lowest BCUT2D eigenvalue weighted by molar-refractivity contribution is -0.169. The summed E-state index contributed by atoms with van der Waals surface area (Å²) in [7, 11) is 0. The first-order valence-corrected chi connectivity index (χ1v) is 9.51. The molecule has 0 aromatic heterocycles. The van der Waals surface area contributed by atoms with Gasteiger partial charge < -0.3 is 4.74 Å². The molecule has 2 amide bonds. The maximum Gasteiger partial charge on any atom is 0.324 e. The second-order valence-corrected chi connectivity index (χ2v) is 8.41. The number of piperidine rings is 1. The maximum atomic E-state index is 13.3. The number of esters is 1. The Morgan fingerprint density at radius 2 is 1.78 bits per heavy atom. The second-order valence-electron chi connectivity index (χ2n) is 7.50. The predicted molar refractivity (Wildman–Crippen MR) is 102 cm³/mol. The summed E-state index contributed by atoms with van der Waals surface area (Å²) < 4.78 is 6.24. The summed E-state index contributed by atoms with van der Waals surface area (Å²) in [5.41, 5.74) is 0.614. The van der Waals surface area contributed by atoms with E-state index in [9.17, 15) is 14.4 Å². The third-order valence-electron chi connectivity index (χ3n) is 5.39. The van der Waals surface area contributed by atoms with Gasteiger partial charge in [0, 0.05) is 16.0 Å². The summed E-state index contributed by atoms with van der Waals surface area (Å²) in [5.74, 6) is -2.54. The SMILES string of the molecule is CC1(C)C(=O)N(Cc2ccccc2)C(=O)[C@@H]2C(=O)Oc3ccc(Br)cc3[C@H]21. The van der Waals surface area contributed by atoms with Crippen molar-refractivity contribution in [2.45, 2.75) is 26.3 Å². The minimum atomic E-state index is -1.02. The molecule has 2 heterocycles. The minimum absolute atomic E-state index is 0.143. The van der Waals surface area contributed by atoms with Gasteiger partial charge in [-0.25, -0.2) is 0 Å². The number of carbonyl (C=O) groups excluding carboxylic acids is 3. The summed E-state index contributed by atoms with van der Waals surface area (Å²) in [6.07, 6.45) is 0. The number of nitrogens with zero attached hydrogens (tertiary/aromatic N) is 1. The fraction of sp³-hybridized carbons (Fsp3) is 0.286. The first-order chi connectivity index (χ1) is 12.8. The summed E-state index contributed by atoms with van der Waals surface area (Å²) >= 11 is 3.43. The molecule has 2 atom stereocenters. The Kier molecular flexibility index (Phi) is 4.18. The molecule has 2 aliphatic heterocycles. The van der Waals surface area contributed by atoms with E-state index in [1.165, 1.54) is 4.90 Å². The minimum Gasteiger partial charge on any atom is -0.426 e. The quantitative estimate of drug-likeness (QED) is 0.317. The van der Waals surface area contributed by atoms with E-state index >= 15 is 0 Å². The van der Waals surface area contributed by atoms with Crippen LogP contribution in [0.2, 0.25) is 0 Å². The summed E-state index contributed by atoms with van der Waals surface area (Å²) in [4.78, 5) is 40.3. The van der Waals surface area contributed by atoms with Crippen LogP contribution in [0.15, 0.2) is 53.0 Å². The number of amides is 2. The first-order valence-electron chi connectivity index (χ1n) is 8.71. The fourth-order valence-corrected chi connectivity index (χ4v) is 4.43. The molecular weight excluding hydrogens is 410 g/mol. The Balaban J connectivity index is 1.80. The van der Waals surface area contributed by atoms with Gasteiger partial charge in [0.25, 0.3) is 0 Å². The number of imide groups is 1. The van der Waals surface area contributed by atoms with Gasteiger partial charge in [-0.1, -0.05) is 60.1 Å². The van der Waals surface area contributed by atoms with E-state index in [0.29, 0.717) is 11.3 Å². The number of benzene rings is 2. The van der Waals surface area contributed by atoms with Crippen molar-refractivity contribution in [1.29, 1.82) is 0 Å². The molecule has 0 saturated carbocycles. The van der Waals surface area contributed by atoms with Crippen molar-refractivity contribution in [2.75, 3.05) is 0 Å². The number of ether oxygens (including phenoxy) is 1. The molecule has 6 heteroatoms. The van der Waals surface area contributed by atoms with Crippen LogP contribution in [0.25, 0.3) is 0 Å². The highest BCUT2D eigenvalue weighted by Gasteiger charge is 2.59. The predicted octanol–water partition coefficient (Wildman–Crippen LogP) is 3.66. The van der Waals surface area contributed by atoms with Crippen molar-refractivity contribution in [3.63, 3.8) is 0 Å². The lowest BCUT2D eigenvalue weighted by atomic mass is 9.63. The average molecular weight is 428 g/mol. The van der Waals surface area contributed by atoms with Crippen LogP contribution in [-0.2, 0) is 20.9 Å². The van der Waals surface area contributed by atoms with Crippen LogP contribution in [-0.4, -0.2) is 22.7 Å². The average Bonchev–Trinajstić information content (AvgIpc) is 2.64. The van der Waals surface area contributed by atoms with Crippen molar-refractivity contribution < 1.29 is 19.1 Å². The van der Waals surface area contributed by atoms with Gasteiger partial charge in [-0.05, 0) is 23.8 Å². The molecule has 1 saturated heterocycles. The largest absolute Gasteiger partial charge is 0.426 e. The Hall–Kier alpha value is -2.47. The molecule has 5 nitrogen and oxygen atoms in total. The highest BCUT2D eigenvalue weighted by atomic mass is 79.9. The number of likely N-dealkylation sites (tertiary alicyclic amines) is 1. The van der Waals surface area contributed by atoms with Crippen molar-refractivity contribution in [2.24, 2.45) is 11.3 Å². The van der Waals surface area contributed by atoms with Crippen molar-refractivity contribution in [3.05, 3.63) is 64.1 Å². The third kappa shape index (κ3) is 2.79. The highest BCUT2D eigenvalue weighted by Crippen LogP contribution is 2.52. The van der Waals surface area contributed by atoms with Crippen LogP contribution < -0.4 is 4.74 Å². The van der Waals surface area contributed by atoms with Gasteiger partial charge in [0.15, 0.2) is 0 Å². The van der Waals surface area contributed by atoms with Crippen LogP contribution in [0.5, 0.6) is 5.75 Å². The molecule has 138 valence electrons. The van der Waals surface area contributed by atoms with E-state index in [4.69, 9.17) is 4.74 Å². The Morgan fingerprint density at radius 1 is 1.07 bits per heavy atom. The molecule has 4 rings (SSSR count). The number of hydrogen-bond donors (Lipinski definition) is 0. The Morgan fingerprint density at radius 3 is 2.48 bits per heavy atom. The number of fused-ring (bicyclic) bond motifs is 3. The van der Waals surface area contributed by atoms with Gasteiger partial charge in [-0.15, -0.1) is 0 Å². The molecule has 0 spiro atoms. The standard InChI is InChI=1S/C21H18BrNO4/c1-21(2)17-14-10-13(22)8-9-15(14)27-19(25)16(17)18(24)23(20(21)26)11-12-6-4-3-5-7-12/h3-10,16-17H,11H2,1-2H3/t16-,17-/m1/s1. The number of rotatable bonds is 2. The molecule has 2 aliphatic rings. The van der Waals surface area contributed by atoms with Crippen molar-refractivity contribution in [1.82, 2.24) is 4.90 Å². The van der Waals surface area contributed by atoms with E-state index in [1.807, 2.05) is 36.4 Å². The number of carbonyl (C=O) groups is 3. The normalized spacial score (nSPS) is 23.5. The van der Waals surface area contributed by atoms with Crippen molar-refractivity contribution >= 4 is 33.7 Å². The van der Waals surface area contributed by atoms with Gasteiger partial charge in [0.1, 0.15) is 11.7 Å². The number of halogens is 1. The summed E-state index contributed by atoms with van der Waals surface area (Å²) in [5, 5.41) is 0.